The van der Waals surface area contributed by atoms with E-state index in [4.69, 9.17) is 0 Å². The number of halogens is 2. The Balaban J connectivity index is 2.04. The van der Waals surface area contributed by atoms with Gasteiger partial charge in [-0.2, -0.15) is 0 Å². The van der Waals surface area contributed by atoms with E-state index < -0.39 is 11.7 Å². The normalized spacial score (nSPS) is 23.7. The van der Waals surface area contributed by atoms with E-state index in [1.54, 1.807) is 0 Å². The molecule has 18 heavy (non-hydrogen) atoms. The van der Waals surface area contributed by atoms with Crippen LogP contribution in [0.1, 0.15) is 36.0 Å². The Kier molecular flexibility index (Phi) is 4.22. The Morgan fingerprint density at radius 1 is 1.33 bits per heavy atom. The summed E-state index contributed by atoms with van der Waals surface area (Å²) < 4.78 is 13.5. The number of aromatic hydroxyl groups is 1. The van der Waals surface area contributed by atoms with Gasteiger partial charge in [0.1, 0.15) is 17.1 Å². The third-order valence-electron chi connectivity index (χ3n) is 3.21. The molecule has 1 aromatic rings. The molecule has 0 aromatic heterocycles. The van der Waals surface area contributed by atoms with Gasteiger partial charge >= 0.3 is 0 Å². The van der Waals surface area contributed by atoms with Gasteiger partial charge in [-0.15, -0.1) is 0 Å². The maximum Gasteiger partial charge on any atom is 0.258 e. The summed E-state index contributed by atoms with van der Waals surface area (Å²) in [6.07, 6.45) is 3.73. The molecular formula is C13H15BrFNO2. The van der Waals surface area contributed by atoms with Crippen LogP contribution in [0.5, 0.6) is 5.75 Å². The summed E-state index contributed by atoms with van der Waals surface area (Å²) >= 11 is 3.54. The van der Waals surface area contributed by atoms with Gasteiger partial charge in [0, 0.05) is 10.9 Å². The van der Waals surface area contributed by atoms with Crippen molar-refractivity contribution in [2.24, 2.45) is 0 Å². The van der Waals surface area contributed by atoms with Crippen LogP contribution in [0, 0.1) is 5.82 Å². The number of hydrogen-bond donors (Lipinski definition) is 2. The highest BCUT2D eigenvalue weighted by atomic mass is 79.9. The van der Waals surface area contributed by atoms with E-state index in [0.29, 0.717) is 4.83 Å². The molecule has 1 aliphatic rings. The highest BCUT2D eigenvalue weighted by Crippen LogP contribution is 2.25. The number of nitrogens with one attached hydrogen (secondary N) is 1. The molecule has 0 bridgehead atoms. The van der Waals surface area contributed by atoms with E-state index in [9.17, 15) is 14.3 Å². The van der Waals surface area contributed by atoms with Gasteiger partial charge in [0.05, 0.1) is 0 Å². The number of rotatable bonds is 2. The largest absolute Gasteiger partial charge is 0.507 e. The fourth-order valence-electron chi connectivity index (χ4n) is 2.19. The van der Waals surface area contributed by atoms with Gasteiger partial charge in [-0.3, -0.25) is 4.79 Å². The fourth-order valence-corrected chi connectivity index (χ4v) is 2.72. The van der Waals surface area contributed by atoms with Crippen molar-refractivity contribution >= 4 is 21.8 Å². The molecule has 0 radical (unpaired) electrons. The number of carbonyl (C=O) groups excluding carboxylic acids is 1. The highest BCUT2D eigenvalue weighted by molar-refractivity contribution is 9.09. The van der Waals surface area contributed by atoms with Gasteiger partial charge in [-0.1, -0.05) is 22.0 Å². The molecule has 1 fully saturated rings. The molecule has 0 unspecified atom stereocenters. The van der Waals surface area contributed by atoms with Crippen LogP contribution >= 0.6 is 15.9 Å². The average Bonchev–Trinajstić information content (AvgIpc) is 2.32. The molecule has 1 aliphatic carbocycles. The van der Waals surface area contributed by atoms with Crippen LogP contribution in [0.2, 0.25) is 0 Å². The smallest absolute Gasteiger partial charge is 0.258 e. The Hall–Kier alpha value is -1.10. The maximum atomic E-state index is 13.5. The van der Waals surface area contributed by atoms with Crippen molar-refractivity contribution in [2.75, 3.05) is 0 Å². The lowest BCUT2D eigenvalue weighted by Gasteiger charge is -2.26. The van der Waals surface area contributed by atoms with Gasteiger partial charge in [0.2, 0.25) is 0 Å². The number of benzene rings is 1. The summed E-state index contributed by atoms with van der Waals surface area (Å²) in [5, 5.41) is 12.3. The van der Waals surface area contributed by atoms with Crippen LogP contribution in [0.3, 0.4) is 0 Å². The molecule has 0 heterocycles. The van der Waals surface area contributed by atoms with Crippen molar-refractivity contribution in [3.8, 4) is 5.75 Å². The lowest BCUT2D eigenvalue weighted by Crippen LogP contribution is -2.38. The van der Waals surface area contributed by atoms with Crippen molar-refractivity contribution in [1.82, 2.24) is 5.32 Å². The van der Waals surface area contributed by atoms with Crippen molar-refractivity contribution < 1.29 is 14.3 Å². The fraction of sp³-hybridized carbons (Fsp3) is 0.462. The molecule has 1 saturated carbocycles. The zero-order valence-corrected chi connectivity index (χ0v) is 11.4. The molecule has 98 valence electrons. The number of phenolic OH excluding ortho intramolecular Hbond substituents is 1. The molecule has 0 atom stereocenters. The molecule has 2 N–H and O–H groups in total. The van der Waals surface area contributed by atoms with Crippen LogP contribution < -0.4 is 5.32 Å². The first-order valence-electron chi connectivity index (χ1n) is 6.00. The summed E-state index contributed by atoms with van der Waals surface area (Å²) in [5.74, 6) is -1.55. The van der Waals surface area contributed by atoms with E-state index in [0.717, 1.165) is 25.7 Å². The summed E-state index contributed by atoms with van der Waals surface area (Å²) in [7, 11) is 0. The molecule has 0 spiro atoms. The van der Waals surface area contributed by atoms with Crippen LogP contribution in [-0.4, -0.2) is 21.9 Å². The standard InChI is InChI=1S/C13H15BrFNO2/c14-8-4-6-9(7-5-8)16-13(18)12-10(15)2-1-3-11(12)17/h1-3,8-9,17H,4-7H2,(H,16,18). The highest BCUT2D eigenvalue weighted by Gasteiger charge is 2.23. The predicted octanol–water partition coefficient (Wildman–Crippen LogP) is 2.97. The molecule has 2 rings (SSSR count). The zero-order valence-electron chi connectivity index (χ0n) is 9.83. The van der Waals surface area contributed by atoms with E-state index in [1.165, 1.54) is 18.2 Å². The van der Waals surface area contributed by atoms with Gasteiger partial charge in [0.25, 0.3) is 5.91 Å². The third kappa shape index (κ3) is 3.02. The van der Waals surface area contributed by atoms with Crippen LogP contribution in [-0.2, 0) is 0 Å². The Morgan fingerprint density at radius 2 is 2.00 bits per heavy atom. The van der Waals surface area contributed by atoms with Gasteiger partial charge in [-0.25, -0.2) is 4.39 Å². The number of alkyl halides is 1. The lowest BCUT2D eigenvalue weighted by molar-refractivity contribution is 0.0921. The van der Waals surface area contributed by atoms with Gasteiger partial charge in [-0.05, 0) is 37.8 Å². The first kappa shape index (κ1) is 13.3. The molecule has 1 amide bonds. The molecular weight excluding hydrogens is 301 g/mol. The minimum atomic E-state index is -0.693. The Morgan fingerprint density at radius 3 is 2.61 bits per heavy atom. The summed E-state index contributed by atoms with van der Waals surface area (Å²) in [6, 6.07) is 3.92. The van der Waals surface area contributed by atoms with Crippen molar-refractivity contribution in [3.05, 3.63) is 29.6 Å². The van der Waals surface area contributed by atoms with Crippen LogP contribution in [0.15, 0.2) is 18.2 Å². The zero-order chi connectivity index (χ0) is 13.1. The van der Waals surface area contributed by atoms with Gasteiger partial charge in [0.15, 0.2) is 0 Å². The van der Waals surface area contributed by atoms with E-state index >= 15 is 0 Å². The van der Waals surface area contributed by atoms with Crippen molar-refractivity contribution in [2.45, 2.75) is 36.6 Å². The number of hydrogen-bond acceptors (Lipinski definition) is 2. The quantitative estimate of drug-likeness (QED) is 0.824. The second-order valence-corrected chi connectivity index (χ2v) is 5.85. The van der Waals surface area contributed by atoms with Gasteiger partial charge < -0.3 is 10.4 Å². The molecule has 5 heteroatoms. The SMILES string of the molecule is O=C(NC1CCC(Br)CC1)c1c(O)cccc1F. The monoisotopic (exact) mass is 315 g/mol. The topological polar surface area (TPSA) is 49.3 Å². The van der Waals surface area contributed by atoms with E-state index in [2.05, 4.69) is 21.2 Å². The molecule has 3 nitrogen and oxygen atoms in total. The summed E-state index contributed by atoms with van der Waals surface area (Å²) in [5.41, 5.74) is -0.265. The minimum absolute atomic E-state index is 0.0605. The first-order valence-corrected chi connectivity index (χ1v) is 6.92. The third-order valence-corrected chi connectivity index (χ3v) is 4.13. The first-order chi connectivity index (χ1) is 8.58. The Labute approximate surface area is 114 Å². The second kappa shape index (κ2) is 5.69. The second-order valence-electron chi connectivity index (χ2n) is 4.56. The number of amides is 1. The van der Waals surface area contributed by atoms with Crippen molar-refractivity contribution in [1.29, 1.82) is 0 Å². The molecule has 0 saturated heterocycles. The summed E-state index contributed by atoms with van der Waals surface area (Å²) in [6.45, 7) is 0. The minimum Gasteiger partial charge on any atom is -0.507 e. The predicted molar refractivity (Wildman–Crippen MR) is 70.5 cm³/mol. The number of phenols is 1. The summed E-state index contributed by atoms with van der Waals surface area (Å²) in [4.78, 5) is 12.4. The lowest BCUT2D eigenvalue weighted by atomic mass is 9.95. The van der Waals surface area contributed by atoms with Crippen molar-refractivity contribution in [3.63, 3.8) is 0 Å². The molecule has 0 aliphatic heterocycles. The number of carbonyl (C=O) groups is 1. The van der Waals surface area contributed by atoms with Crippen LogP contribution in [0.4, 0.5) is 4.39 Å². The van der Waals surface area contributed by atoms with Crippen LogP contribution in [0.25, 0.3) is 0 Å². The van der Waals surface area contributed by atoms with E-state index in [-0.39, 0.29) is 17.4 Å². The average molecular weight is 316 g/mol. The maximum absolute atomic E-state index is 13.5. The molecule has 1 aromatic carbocycles. The Bertz CT molecular complexity index is 424. The van der Waals surface area contributed by atoms with E-state index in [1.807, 2.05) is 0 Å².